The van der Waals surface area contributed by atoms with Gasteiger partial charge in [-0.2, -0.15) is 0 Å². The fraction of sp³-hybridized carbons (Fsp3) is 0.333. The van der Waals surface area contributed by atoms with Crippen molar-refractivity contribution in [2.45, 2.75) is 20.8 Å². The Hall–Kier alpha value is -1.90. The highest BCUT2D eigenvalue weighted by Gasteiger charge is 2.10. The van der Waals surface area contributed by atoms with Gasteiger partial charge in [-0.15, -0.1) is 0 Å². The molecule has 0 saturated carbocycles. The maximum atomic E-state index is 5.35. The van der Waals surface area contributed by atoms with Gasteiger partial charge in [0.15, 0.2) is 0 Å². The average molecular weight is 248 g/mol. The number of hydrogen-bond donors (Lipinski definition) is 0. The van der Waals surface area contributed by atoms with E-state index in [2.05, 4.69) is 0 Å². The van der Waals surface area contributed by atoms with Crippen molar-refractivity contribution in [3.05, 3.63) is 36.1 Å². The first-order valence-electron chi connectivity index (χ1n) is 6.02. The van der Waals surface area contributed by atoms with Crippen LogP contribution in [0.3, 0.4) is 0 Å². The van der Waals surface area contributed by atoms with Gasteiger partial charge in [0.25, 0.3) is 0 Å². The summed E-state index contributed by atoms with van der Waals surface area (Å²) in [6, 6.07) is 7.64. The lowest BCUT2D eigenvalue weighted by atomic mass is 10.1. The van der Waals surface area contributed by atoms with Crippen molar-refractivity contribution >= 4 is 0 Å². The number of rotatable bonds is 3. The van der Waals surface area contributed by atoms with Gasteiger partial charge in [0.2, 0.25) is 0 Å². The molecule has 0 unspecified atom stereocenters. The molecule has 0 spiro atoms. The van der Waals surface area contributed by atoms with Crippen LogP contribution in [0.1, 0.15) is 19.4 Å². The molecule has 0 amide bonds. The van der Waals surface area contributed by atoms with Crippen LogP contribution in [0.5, 0.6) is 11.5 Å². The van der Waals surface area contributed by atoms with Crippen LogP contribution in [0.25, 0.3) is 11.3 Å². The van der Waals surface area contributed by atoms with Gasteiger partial charge < -0.3 is 13.9 Å². The van der Waals surface area contributed by atoms with Crippen molar-refractivity contribution in [1.82, 2.24) is 0 Å². The van der Waals surface area contributed by atoms with Crippen LogP contribution >= 0.6 is 0 Å². The van der Waals surface area contributed by atoms with E-state index in [1.807, 2.05) is 45.0 Å². The summed E-state index contributed by atoms with van der Waals surface area (Å²) in [5.74, 6) is 2.40. The maximum Gasteiger partial charge on any atom is 0.134 e. The second kappa shape index (κ2) is 6.74. The lowest BCUT2D eigenvalue weighted by Crippen LogP contribution is -1.93. The fourth-order valence-corrected chi connectivity index (χ4v) is 1.67. The molecule has 0 bridgehead atoms. The van der Waals surface area contributed by atoms with E-state index in [4.69, 9.17) is 13.9 Å². The molecule has 3 nitrogen and oxygen atoms in total. The van der Waals surface area contributed by atoms with E-state index in [9.17, 15) is 0 Å². The molecule has 0 fully saturated rings. The highest BCUT2D eigenvalue weighted by Crippen LogP contribution is 2.34. The molecule has 98 valence electrons. The molecule has 2 rings (SSSR count). The number of benzene rings is 1. The van der Waals surface area contributed by atoms with Gasteiger partial charge in [-0.1, -0.05) is 13.8 Å². The Labute approximate surface area is 108 Å². The monoisotopic (exact) mass is 248 g/mol. The molecule has 0 aliphatic heterocycles. The molecule has 0 radical (unpaired) electrons. The molecule has 1 heterocycles. The van der Waals surface area contributed by atoms with Crippen molar-refractivity contribution in [3.63, 3.8) is 0 Å². The second-order valence-corrected chi connectivity index (χ2v) is 3.48. The summed E-state index contributed by atoms with van der Waals surface area (Å²) in [4.78, 5) is 0. The number of hydrogen-bond acceptors (Lipinski definition) is 3. The van der Waals surface area contributed by atoms with Gasteiger partial charge >= 0.3 is 0 Å². The lowest BCUT2D eigenvalue weighted by Gasteiger charge is -2.11. The zero-order valence-corrected chi connectivity index (χ0v) is 11.6. The van der Waals surface area contributed by atoms with E-state index in [0.29, 0.717) is 0 Å². The Balaban J connectivity index is 0.000000771. The minimum absolute atomic E-state index is 0.797. The summed E-state index contributed by atoms with van der Waals surface area (Å²) >= 11 is 0. The van der Waals surface area contributed by atoms with Crippen molar-refractivity contribution in [2.75, 3.05) is 14.2 Å². The standard InChI is InChI=1S/C13H14O3.C2H6/c1-9-12(14-2)7-10(8-13(9)15-3)11-5-4-6-16-11;1-2/h4-8H,1-3H3;1-2H3. The summed E-state index contributed by atoms with van der Waals surface area (Å²) in [6.45, 7) is 5.96. The zero-order valence-electron chi connectivity index (χ0n) is 11.6. The van der Waals surface area contributed by atoms with Crippen LogP contribution in [-0.2, 0) is 0 Å². The summed E-state index contributed by atoms with van der Waals surface area (Å²) in [7, 11) is 3.29. The second-order valence-electron chi connectivity index (χ2n) is 3.48. The molecule has 1 aromatic heterocycles. The number of furan rings is 1. The molecule has 0 N–H and O–H groups in total. The molecule has 0 aliphatic rings. The van der Waals surface area contributed by atoms with E-state index < -0.39 is 0 Å². The summed E-state index contributed by atoms with van der Waals surface area (Å²) in [6.07, 6.45) is 1.65. The Kier molecular flexibility index (Phi) is 5.31. The van der Waals surface area contributed by atoms with E-state index in [1.165, 1.54) is 0 Å². The van der Waals surface area contributed by atoms with Gasteiger partial charge in [-0.05, 0) is 31.2 Å². The molecule has 0 atom stereocenters. The molecule has 18 heavy (non-hydrogen) atoms. The third-order valence-electron chi connectivity index (χ3n) is 2.56. The average Bonchev–Trinajstić information content (AvgIpc) is 2.95. The van der Waals surface area contributed by atoms with Crippen LogP contribution in [-0.4, -0.2) is 14.2 Å². The predicted molar refractivity (Wildman–Crippen MR) is 73.3 cm³/mol. The van der Waals surface area contributed by atoms with Crippen LogP contribution in [0.2, 0.25) is 0 Å². The minimum atomic E-state index is 0.797. The normalized spacial score (nSPS) is 9.39. The molecular formula is C15H20O3. The Bertz CT molecular complexity index is 447. The predicted octanol–water partition coefficient (Wildman–Crippen LogP) is 4.30. The first kappa shape index (κ1) is 14.2. The zero-order chi connectivity index (χ0) is 13.5. The molecule has 0 aliphatic carbocycles. The van der Waals surface area contributed by atoms with E-state index >= 15 is 0 Å². The first-order chi connectivity index (χ1) is 8.76. The van der Waals surface area contributed by atoms with Crippen LogP contribution in [0, 0.1) is 6.92 Å². The van der Waals surface area contributed by atoms with Crippen molar-refractivity contribution < 1.29 is 13.9 Å². The van der Waals surface area contributed by atoms with E-state index in [0.717, 1.165) is 28.4 Å². The van der Waals surface area contributed by atoms with Gasteiger partial charge in [-0.3, -0.25) is 0 Å². The Morgan fingerprint density at radius 1 is 1.00 bits per heavy atom. The number of methoxy groups -OCH3 is 2. The van der Waals surface area contributed by atoms with Crippen molar-refractivity contribution in [1.29, 1.82) is 0 Å². The molecule has 1 aromatic carbocycles. The van der Waals surface area contributed by atoms with Gasteiger partial charge in [0.1, 0.15) is 17.3 Å². The summed E-state index contributed by atoms with van der Waals surface area (Å²) in [5.41, 5.74) is 1.93. The van der Waals surface area contributed by atoms with Gasteiger partial charge in [-0.25, -0.2) is 0 Å². The van der Waals surface area contributed by atoms with Crippen molar-refractivity contribution in [2.24, 2.45) is 0 Å². The molecule has 2 aromatic rings. The smallest absolute Gasteiger partial charge is 0.134 e. The summed E-state index contributed by atoms with van der Waals surface area (Å²) < 4.78 is 16.0. The van der Waals surface area contributed by atoms with E-state index in [1.54, 1.807) is 20.5 Å². The minimum Gasteiger partial charge on any atom is -0.496 e. The van der Waals surface area contributed by atoms with Crippen LogP contribution < -0.4 is 9.47 Å². The largest absolute Gasteiger partial charge is 0.496 e. The van der Waals surface area contributed by atoms with Gasteiger partial charge in [0.05, 0.1) is 20.5 Å². The molecular weight excluding hydrogens is 228 g/mol. The highest BCUT2D eigenvalue weighted by atomic mass is 16.5. The lowest BCUT2D eigenvalue weighted by molar-refractivity contribution is 0.389. The highest BCUT2D eigenvalue weighted by molar-refractivity contribution is 5.65. The van der Waals surface area contributed by atoms with E-state index in [-0.39, 0.29) is 0 Å². The quantitative estimate of drug-likeness (QED) is 0.811. The summed E-state index contributed by atoms with van der Waals surface area (Å²) in [5, 5.41) is 0. The first-order valence-corrected chi connectivity index (χ1v) is 6.02. The number of ether oxygens (including phenoxy) is 2. The SMILES string of the molecule is CC.COc1cc(-c2ccco2)cc(OC)c1C. The third kappa shape index (κ3) is 2.86. The molecule has 3 heteroatoms. The maximum absolute atomic E-state index is 5.35. The van der Waals surface area contributed by atoms with Gasteiger partial charge in [0, 0.05) is 11.1 Å². The van der Waals surface area contributed by atoms with Crippen LogP contribution in [0.4, 0.5) is 0 Å². The molecule has 0 saturated heterocycles. The fourth-order valence-electron chi connectivity index (χ4n) is 1.67. The van der Waals surface area contributed by atoms with Crippen LogP contribution in [0.15, 0.2) is 34.9 Å². The van der Waals surface area contributed by atoms with Crippen molar-refractivity contribution in [3.8, 4) is 22.8 Å². The Morgan fingerprint density at radius 3 is 1.94 bits per heavy atom. The topological polar surface area (TPSA) is 31.6 Å². The Morgan fingerprint density at radius 2 is 1.56 bits per heavy atom. The third-order valence-corrected chi connectivity index (χ3v) is 2.56.